The molecule has 0 aliphatic heterocycles. The van der Waals surface area contributed by atoms with Crippen molar-refractivity contribution in [1.82, 2.24) is 5.32 Å². The zero-order chi connectivity index (χ0) is 14.5. The lowest BCUT2D eigenvalue weighted by molar-refractivity contribution is 0.0953. The number of furan rings is 1. The van der Waals surface area contributed by atoms with Crippen molar-refractivity contribution in [3.8, 4) is 0 Å². The number of amides is 2. The van der Waals surface area contributed by atoms with Gasteiger partial charge in [-0.1, -0.05) is 6.07 Å². The zero-order valence-corrected chi connectivity index (χ0v) is 11.5. The molecule has 1 heterocycles. The summed E-state index contributed by atoms with van der Waals surface area (Å²) < 4.78 is 5.01. The summed E-state index contributed by atoms with van der Waals surface area (Å²) in [5, 5.41) is 5.47. The van der Waals surface area contributed by atoms with Crippen LogP contribution in [0.25, 0.3) is 0 Å². The summed E-state index contributed by atoms with van der Waals surface area (Å²) >= 11 is 5.61. The standard InChI is InChI=1S/C14H13ClN2O3/c1-2-16-13(18)9-4-3-5-10(8-9)17-14(19)11-6-7-12(15)20-11/h3-8H,2H2,1H3,(H,16,18)(H,17,19). The van der Waals surface area contributed by atoms with E-state index in [4.69, 9.17) is 16.0 Å². The van der Waals surface area contributed by atoms with Gasteiger partial charge in [-0.05, 0) is 48.9 Å². The van der Waals surface area contributed by atoms with Crippen LogP contribution in [0, 0.1) is 0 Å². The highest BCUT2D eigenvalue weighted by Crippen LogP contribution is 2.16. The lowest BCUT2D eigenvalue weighted by Gasteiger charge is -2.06. The van der Waals surface area contributed by atoms with E-state index in [2.05, 4.69) is 10.6 Å². The van der Waals surface area contributed by atoms with Crippen molar-refractivity contribution >= 4 is 29.1 Å². The smallest absolute Gasteiger partial charge is 0.291 e. The molecule has 0 bridgehead atoms. The van der Waals surface area contributed by atoms with E-state index in [1.165, 1.54) is 12.1 Å². The number of carbonyl (C=O) groups excluding carboxylic acids is 2. The van der Waals surface area contributed by atoms with Crippen molar-refractivity contribution in [2.75, 3.05) is 11.9 Å². The van der Waals surface area contributed by atoms with Crippen LogP contribution in [0.1, 0.15) is 27.8 Å². The van der Waals surface area contributed by atoms with E-state index in [-0.39, 0.29) is 16.9 Å². The van der Waals surface area contributed by atoms with E-state index in [0.717, 1.165) is 0 Å². The molecular weight excluding hydrogens is 280 g/mol. The molecule has 0 aliphatic carbocycles. The van der Waals surface area contributed by atoms with Crippen LogP contribution >= 0.6 is 11.6 Å². The molecule has 2 aromatic rings. The van der Waals surface area contributed by atoms with Gasteiger partial charge in [-0.3, -0.25) is 9.59 Å². The summed E-state index contributed by atoms with van der Waals surface area (Å²) in [5.41, 5.74) is 0.980. The molecule has 2 N–H and O–H groups in total. The summed E-state index contributed by atoms with van der Waals surface area (Å²) in [6.07, 6.45) is 0. The first-order chi connectivity index (χ1) is 9.60. The second kappa shape index (κ2) is 6.25. The van der Waals surface area contributed by atoms with E-state index in [0.29, 0.717) is 17.8 Å². The summed E-state index contributed by atoms with van der Waals surface area (Å²) in [4.78, 5) is 23.6. The maximum Gasteiger partial charge on any atom is 0.291 e. The molecule has 2 rings (SSSR count). The van der Waals surface area contributed by atoms with Crippen molar-refractivity contribution in [1.29, 1.82) is 0 Å². The summed E-state index contributed by atoms with van der Waals surface area (Å²) in [7, 11) is 0. The Kier molecular flexibility index (Phi) is 4.42. The summed E-state index contributed by atoms with van der Waals surface area (Å²) in [6, 6.07) is 9.60. The van der Waals surface area contributed by atoms with E-state index in [9.17, 15) is 9.59 Å². The highest BCUT2D eigenvalue weighted by Gasteiger charge is 2.12. The Bertz CT molecular complexity index is 637. The molecule has 0 spiro atoms. The molecule has 5 nitrogen and oxygen atoms in total. The molecule has 0 aliphatic rings. The van der Waals surface area contributed by atoms with Crippen LogP contribution in [0.4, 0.5) is 5.69 Å². The Morgan fingerprint density at radius 1 is 1.20 bits per heavy atom. The summed E-state index contributed by atoms with van der Waals surface area (Å²) in [5.74, 6) is -0.506. The minimum atomic E-state index is -0.426. The van der Waals surface area contributed by atoms with Gasteiger partial charge >= 0.3 is 0 Å². The molecule has 0 fully saturated rings. The van der Waals surface area contributed by atoms with Crippen LogP contribution in [0.15, 0.2) is 40.8 Å². The lowest BCUT2D eigenvalue weighted by Crippen LogP contribution is -2.22. The predicted octanol–water partition coefficient (Wildman–Crippen LogP) is 2.94. The second-order valence-corrected chi connectivity index (χ2v) is 4.37. The van der Waals surface area contributed by atoms with Gasteiger partial charge in [0.05, 0.1) is 0 Å². The first kappa shape index (κ1) is 14.1. The van der Waals surface area contributed by atoms with Crippen LogP contribution in [0.3, 0.4) is 0 Å². The molecule has 6 heteroatoms. The van der Waals surface area contributed by atoms with Gasteiger partial charge < -0.3 is 15.1 Å². The monoisotopic (exact) mass is 292 g/mol. The quantitative estimate of drug-likeness (QED) is 0.910. The van der Waals surface area contributed by atoms with E-state index < -0.39 is 5.91 Å². The molecule has 1 aromatic heterocycles. The Balaban J connectivity index is 2.12. The number of rotatable bonds is 4. The van der Waals surface area contributed by atoms with Crippen molar-refractivity contribution in [2.45, 2.75) is 6.92 Å². The fraction of sp³-hybridized carbons (Fsp3) is 0.143. The van der Waals surface area contributed by atoms with Gasteiger partial charge in [0.15, 0.2) is 11.0 Å². The highest BCUT2D eigenvalue weighted by atomic mass is 35.5. The minimum absolute atomic E-state index is 0.110. The molecule has 0 saturated heterocycles. The van der Waals surface area contributed by atoms with Crippen LogP contribution in [-0.4, -0.2) is 18.4 Å². The Labute approximate surface area is 120 Å². The van der Waals surface area contributed by atoms with Crippen molar-refractivity contribution in [3.63, 3.8) is 0 Å². The van der Waals surface area contributed by atoms with Crippen LogP contribution in [-0.2, 0) is 0 Å². The SMILES string of the molecule is CCNC(=O)c1cccc(NC(=O)c2ccc(Cl)o2)c1. The van der Waals surface area contributed by atoms with Gasteiger partial charge in [0.2, 0.25) is 0 Å². The number of benzene rings is 1. The molecule has 0 unspecified atom stereocenters. The van der Waals surface area contributed by atoms with Gasteiger partial charge in [-0.25, -0.2) is 0 Å². The van der Waals surface area contributed by atoms with Gasteiger partial charge in [0, 0.05) is 17.8 Å². The third-order valence-corrected chi connectivity index (χ3v) is 2.72. The fourth-order valence-electron chi connectivity index (χ4n) is 1.63. The number of carbonyl (C=O) groups is 2. The van der Waals surface area contributed by atoms with Gasteiger partial charge in [0.1, 0.15) is 0 Å². The van der Waals surface area contributed by atoms with Gasteiger partial charge in [-0.2, -0.15) is 0 Å². The highest BCUT2D eigenvalue weighted by molar-refractivity contribution is 6.29. The number of hydrogen-bond donors (Lipinski definition) is 2. The topological polar surface area (TPSA) is 71.3 Å². The Morgan fingerprint density at radius 2 is 2.00 bits per heavy atom. The maximum absolute atomic E-state index is 11.9. The summed E-state index contributed by atoms with van der Waals surface area (Å²) in [6.45, 7) is 2.38. The van der Waals surface area contributed by atoms with Crippen LogP contribution < -0.4 is 10.6 Å². The molecule has 20 heavy (non-hydrogen) atoms. The van der Waals surface area contributed by atoms with Crippen LogP contribution in [0.5, 0.6) is 0 Å². The zero-order valence-electron chi connectivity index (χ0n) is 10.8. The molecule has 0 saturated carbocycles. The van der Waals surface area contributed by atoms with Gasteiger partial charge in [0.25, 0.3) is 11.8 Å². The van der Waals surface area contributed by atoms with E-state index in [1.807, 2.05) is 6.92 Å². The molecule has 2 amide bonds. The molecule has 104 valence electrons. The molecular formula is C14H13ClN2O3. The first-order valence-corrected chi connectivity index (χ1v) is 6.43. The van der Waals surface area contributed by atoms with Gasteiger partial charge in [-0.15, -0.1) is 0 Å². The number of nitrogens with one attached hydrogen (secondary N) is 2. The number of halogens is 1. The Hall–Kier alpha value is -2.27. The third-order valence-electron chi connectivity index (χ3n) is 2.52. The second-order valence-electron chi connectivity index (χ2n) is 4.00. The molecule has 0 atom stereocenters. The largest absolute Gasteiger partial charge is 0.440 e. The van der Waals surface area contributed by atoms with E-state index in [1.54, 1.807) is 24.3 Å². The fourth-order valence-corrected chi connectivity index (χ4v) is 1.78. The minimum Gasteiger partial charge on any atom is -0.440 e. The van der Waals surface area contributed by atoms with Crippen LogP contribution in [0.2, 0.25) is 5.22 Å². The lowest BCUT2D eigenvalue weighted by atomic mass is 10.2. The first-order valence-electron chi connectivity index (χ1n) is 6.05. The number of anilines is 1. The average Bonchev–Trinajstić information content (AvgIpc) is 2.86. The third kappa shape index (κ3) is 3.39. The van der Waals surface area contributed by atoms with Crippen molar-refractivity contribution < 1.29 is 14.0 Å². The Morgan fingerprint density at radius 3 is 2.65 bits per heavy atom. The molecule has 0 radical (unpaired) electrons. The maximum atomic E-state index is 11.9. The number of hydrogen-bond acceptors (Lipinski definition) is 3. The molecule has 1 aromatic carbocycles. The average molecular weight is 293 g/mol. The predicted molar refractivity (Wildman–Crippen MR) is 76.1 cm³/mol. The van der Waals surface area contributed by atoms with E-state index >= 15 is 0 Å². The van der Waals surface area contributed by atoms with Crippen molar-refractivity contribution in [2.24, 2.45) is 0 Å². The normalized spacial score (nSPS) is 10.1. The van der Waals surface area contributed by atoms with Crippen molar-refractivity contribution in [3.05, 3.63) is 52.9 Å².